The highest BCUT2D eigenvalue weighted by atomic mass is 32.2. The molecule has 2 N–H and O–H groups in total. The average molecular weight is 327 g/mol. The quantitative estimate of drug-likeness (QED) is 0.881. The summed E-state index contributed by atoms with van der Waals surface area (Å²) in [7, 11) is -2.92. The van der Waals surface area contributed by atoms with E-state index >= 15 is 0 Å². The van der Waals surface area contributed by atoms with Crippen molar-refractivity contribution in [2.45, 2.75) is 38.8 Å². The fourth-order valence-electron chi connectivity index (χ4n) is 2.09. The number of amides is 1. The molecule has 122 valence electrons. The summed E-state index contributed by atoms with van der Waals surface area (Å²) >= 11 is 0. The van der Waals surface area contributed by atoms with E-state index < -0.39 is 21.5 Å². The zero-order chi connectivity index (χ0) is 16.4. The summed E-state index contributed by atoms with van der Waals surface area (Å²) < 4.78 is 27.9. The third-order valence-corrected chi connectivity index (χ3v) is 4.76. The van der Waals surface area contributed by atoms with Gasteiger partial charge in [0.2, 0.25) is 0 Å². The molecule has 0 saturated carbocycles. The van der Waals surface area contributed by atoms with Crippen molar-refractivity contribution in [3.05, 3.63) is 18.3 Å². The van der Waals surface area contributed by atoms with E-state index in [0.29, 0.717) is 17.9 Å². The van der Waals surface area contributed by atoms with Crippen molar-refractivity contribution in [2.75, 3.05) is 22.1 Å². The molecule has 22 heavy (non-hydrogen) atoms. The molecule has 1 aromatic rings. The highest BCUT2D eigenvalue weighted by Gasteiger charge is 2.27. The summed E-state index contributed by atoms with van der Waals surface area (Å²) in [4.78, 5) is 15.8. The molecule has 0 aromatic carbocycles. The zero-order valence-electron chi connectivity index (χ0n) is 12.9. The lowest BCUT2D eigenvalue weighted by Gasteiger charge is -2.19. The molecule has 0 spiro atoms. The smallest absolute Gasteiger partial charge is 0.412 e. The number of sulfone groups is 1. The van der Waals surface area contributed by atoms with E-state index in [9.17, 15) is 13.2 Å². The fourth-order valence-corrected chi connectivity index (χ4v) is 3.77. The molecule has 1 amide bonds. The molecular weight excluding hydrogens is 306 g/mol. The molecule has 2 rings (SSSR count). The summed E-state index contributed by atoms with van der Waals surface area (Å²) in [6.07, 6.45) is 1.54. The number of hydrogen-bond donors (Lipinski definition) is 2. The van der Waals surface area contributed by atoms with Crippen LogP contribution in [0.1, 0.15) is 27.2 Å². The Bertz CT molecular complexity index is 635. The van der Waals surface area contributed by atoms with Gasteiger partial charge in [-0.25, -0.2) is 18.2 Å². The van der Waals surface area contributed by atoms with Crippen molar-refractivity contribution in [2.24, 2.45) is 0 Å². The van der Waals surface area contributed by atoms with Gasteiger partial charge in [-0.05, 0) is 39.3 Å². The van der Waals surface area contributed by atoms with Gasteiger partial charge >= 0.3 is 6.09 Å². The number of anilines is 2. The first-order valence-electron chi connectivity index (χ1n) is 7.06. The number of nitrogens with one attached hydrogen (secondary N) is 2. The average Bonchev–Trinajstić information content (AvgIpc) is 2.69. The van der Waals surface area contributed by atoms with Gasteiger partial charge in [0.1, 0.15) is 11.4 Å². The Kier molecular flexibility index (Phi) is 4.60. The van der Waals surface area contributed by atoms with Gasteiger partial charge in [0.15, 0.2) is 9.84 Å². The molecule has 1 aromatic heterocycles. The maximum Gasteiger partial charge on any atom is 0.412 e. The van der Waals surface area contributed by atoms with E-state index in [1.165, 1.54) is 6.20 Å². The lowest BCUT2D eigenvalue weighted by atomic mass is 10.2. The predicted molar refractivity (Wildman–Crippen MR) is 84.8 cm³/mol. The summed E-state index contributed by atoms with van der Waals surface area (Å²) in [5.74, 6) is 0.923. The molecule has 0 aliphatic carbocycles. The van der Waals surface area contributed by atoms with Crippen LogP contribution in [-0.4, -0.2) is 42.6 Å². The van der Waals surface area contributed by atoms with Crippen LogP contribution in [0, 0.1) is 0 Å². The zero-order valence-corrected chi connectivity index (χ0v) is 13.7. The number of carbonyl (C=O) groups excluding carboxylic acids is 1. The van der Waals surface area contributed by atoms with E-state index in [4.69, 9.17) is 4.74 Å². The van der Waals surface area contributed by atoms with Crippen LogP contribution >= 0.6 is 0 Å². The fraction of sp³-hybridized carbons (Fsp3) is 0.571. The Morgan fingerprint density at radius 1 is 1.36 bits per heavy atom. The van der Waals surface area contributed by atoms with Crippen LogP contribution in [0.25, 0.3) is 0 Å². The molecule has 1 aliphatic rings. The molecule has 0 bridgehead atoms. The Morgan fingerprint density at radius 3 is 2.59 bits per heavy atom. The number of ether oxygens (including phenoxy) is 1. The highest BCUT2D eigenvalue weighted by molar-refractivity contribution is 7.91. The Labute approximate surface area is 130 Å². The topological polar surface area (TPSA) is 97.4 Å². The van der Waals surface area contributed by atoms with Crippen molar-refractivity contribution >= 4 is 27.4 Å². The van der Waals surface area contributed by atoms with Crippen molar-refractivity contribution < 1.29 is 17.9 Å². The van der Waals surface area contributed by atoms with Crippen molar-refractivity contribution in [1.29, 1.82) is 0 Å². The van der Waals surface area contributed by atoms with Gasteiger partial charge in [0.25, 0.3) is 0 Å². The largest absolute Gasteiger partial charge is 0.444 e. The summed E-state index contributed by atoms with van der Waals surface area (Å²) in [6, 6.07) is 3.27. The second kappa shape index (κ2) is 6.12. The molecule has 1 aliphatic heterocycles. The van der Waals surface area contributed by atoms with E-state index in [-0.39, 0.29) is 17.5 Å². The van der Waals surface area contributed by atoms with Crippen molar-refractivity contribution in [1.82, 2.24) is 4.98 Å². The minimum absolute atomic E-state index is 0.109. The van der Waals surface area contributed by atoms with Gasteiger partial charge in [-0.2, -0.15) is 0 Å². The number of carbonyl (C=O) groups is 1. The number of hydrogen-bond acceptors (Lipinski definition) is 6. The predicted octanol–water partition coefficient (Wildman–Crippen LogP) is 2.03. The monoisotopic (exact) mass is 327 g/mol. The third kappa shape index (κ3) is 5.18. The lowest BCUT2D eigenvalue weighted by Crippen LogP contribution is -2.27. The van der Waals surface area contributed by atoms with Crippen LogP contribution < -0.4 is 10.6 Å². The van der Waals surface area contributed by atoms with Crippen LogP contribution in [0.4, 0.5) is 16.3 Å². The number of nitrogens with zero attached hydrogens (tertiary/aromatic N) is 1. The van der Waals surface area contributed by atoms with E-state index in [1.54, 1.807) is 32.9 Å². The number of pyridine rings is 1. The Balaban J connectivity index is 1.89. The van der Waals surface area contributed by atoms with Crippen LogP contribution in [0.5, 0.6) is 0 Å². The SMILES string of the molecule is CC(C)(C)OC(=O)Nc1ccc(NC2CCS(=O)(=O)C2)nc1. The first-order valence-corrected chi connectivity index (χ1v) is 8.88. The van der Waals surface area contributed by atoms with Gasteiger partial charge < -0.3 is 10.1 Å². The first-order chi connectivity index (χ1) is 10.1. The van der Waals surface area contributed by atoms with Crippen LogP contribution in [0.15, 0.2) is 18.3 Å². The molecule has 1 unspecified atom stereocenters. The van der Waals surface area contributed by atoms with Crippen molar-refractivity contribution in [3.8, 4) is 0 Å². The Morgan fingerprint density at radius 2 is 2.09 bits per heavy atom. The molecule has 1 atom stereocenters. The normalized spacial score (nSPS) is 20.4. The van der Waals surface area contributed by atoms with Gasteiger partial charge in [0.05, 0.1) is 23.4 Å². The maximum absolute atomic E-state index is 11.6. The summed E-state index contributed by atoms with van der Waals surface area (Å²) in [6.45, 7) is 5.36. The van der Waals surface area contributed by atoms with Crippen molar-refractivity contribution in [3.63, 3.8) is 0 Å². The third-order valence-electron chi connectivity index (χ3n) is 2.99. The van der Waals surface area contributed by atoms with Crippen LogP contribution in [0.3, 0.4) is 0 Å². The first kappa shape index (κ1) is 16.5. The van der Waals surface area contributed by atoms with Gasteiger partial charge in [-0.3, -0.25) is 5.32 Å². The number of rotatable bonds is 3. The van der Waals surface area contributed by atoms with Gasteiger partial charge in [-0.15, -0.1) is 0 Å². The molecule has 1 saturated heterocycles. The maximum atomic E-state index is 11.6. The molecular formula is C14H21N3O4S. The molecule has 0 radical (unpaired) electrons. The molecule has 8 heteroatoms. The van der Waals surface area contributed by atoms with Gasteiger partial charge in [-0.1, -0.05) is 0 Å². The summed E-state index contributed by atoms with van der Waals surface area (Å²) in [5, 5.41) is 5.67. The molecule has 1 fully saturated rings. The number of aromatic nitrogens is 1. The second-order valence-corrected chi connectivity index (χ2v) is 8.53. The van der Waals surface area contributed by atoms with Gasteiger partial charge in [0, 0.05) is 6.04 Å². The molecule has 2 heterocycles. The van der Waals surface area contributed by atoms with E-state index in [0.717, 1.165) is 0 Å². The van der Waals surface area contributed by atoms with E-state index in [1.807, 2.05) is 0 Å². The minimum Gasteiger partial charge on any atom is -0.444 e. The minimum atomic E-state index is -2.92. The lowest BCUT2D eigenvalue weighted by molar-refractivity contribution is 0.0636. The van der Waals surface area contributed by atoms with Crippen LogP contribution in [0.2, 0.25) is 0 Å². The highest BCUT2D eigenvalue weighted by Crippen LogP contribution is 2.17. The molecule has 7 nitrogen and oxygen atoms in total. The van der Waals surface area contributed by atoms with E-state index in [2.05, 4.69) is 15.6 Å². The summed E-state index contributed by atoms with van der Waals surface area (Å²) in [5.41, 5.74) is -0.0497. The standard InChI is InChI=1S/C14H21N3O4S/c1-14(2,3)21-13(18)17-10-4-5-12(15-8-10)16-11-6-7-22(19,20)9-11/h4-5,8,11H,6-7,9H2,1-3H3,(H,15,16)(H,17,18). The Hall–Kier alpha value is -1.83. The van der Waals surface area contributed by atoms with Crippen LogP contribution in [-0.2, 0) is 14.6 Å². The second-order valence-electron chi connectivity index (χ2n) is 6.30.